The van der Waals surface area contributed by atoms with E-state index in [1.807, 2.05) is 20.2 Å². The number of hydrogen-bond acceptors (Lipinski definition) is 2. The zero-order valence-electron chi connectivity index (χ0n) is 11.7. The molecule has 1 atom stereocenters. The highest BCUT2D eigenvalue weighted by Crippen LogP contribution is 2.15. The molecule has 2 rings (SSSR count). The molecule has 1 N–H and O–H groups in total. The Hall–Kier alpha value is -1.75. The number of rotatable bonds is 6. The van der Waals surface area contributed by atoms with E-state index in [2.05, 4.69) is 10.4 Å². The average Bonchev–Trinajstić information content (AvgIpc) is 2.81. The summed E-state index contributed by atoms with van der Waals surface area (Å²) < 4.78 is 28.7. The molecule has 20 heavy (non-hydrogen) atoms. The third kappa shape index (κ3) is 3.63. The van der Waals surface area contributed by atoms with Crippen LogP contribution in [-0.4, -0.2) is 22.4 Å². The minimum absolute atomic E-state index is 0.0560. The van der Waals surface area contributed by atoms with Gasteiger partial charge in [-0.15, -0.1) is 0 Å². The van der Waals surface area contributed by atoms with Crippen LogP contribution >= 0.6 is 0 Å². The van der Waals surface area contributed by atoms with Gasteiger partial charge in [-0.2, -0.15) is 5.10 Å². The fourth-order valence-electron chi connectivity index (χ4n) is 2.34. The van der Waals surface area contributed by atoms with Gasteiger partial charge in [0.05, 0.1) is 6.20 Å². The third-order valence-electron chi connectivity index (χ3n) is 3.23. The number of benzene rings is 1. The number of likely N-dealkylation sites (N-methyl/N-ethyl adjacent to an activating group) is 1. The lowest BCUT2D eigenvalue weighted by Gasteiger charge is -2.17. The lowest BCUT2D eigenvalue weighted by atomic mass is 10.00. The van der Waals surface area contributed by atoms with Gasteiger partial charge in [-0.1, -0.05) is 19.1 Å². The minimum atomic E-state index is -0.792. The first-order chi connectivity index (χ1) is 9.60. The maximum Gasteiger partial charge on any atom is 0.162 e. The Labute approximate surface area is 117 Å². The summed E-state index contributed by atoms with van der Waals surface area (Å²) >= 11 is 0. The maximum absolute atomic E-state index is 13.7. The molecule has 0 saturated carbocycles. The van der Waals surface area contributed by atoms with Crippen molar-refractivity contribution in [2.24, 2.45) is 7.05 Å². The predicted octanol–water partition coefficient (Wildman–Crippen LogP) is 2.46. The van der Waals surface area contributed by atoms with E-state index >= 15 is 0 Å². The van der Waals surface area contributed by atoms with Crippen molar-refractivity contribution in [3.05, 3.63) is 53.4 Å². The standard InChI is InChI=1S/C15H19F2N3/c1-3-18-13(7-11-9-19-20(2)10-11)8-12-5-4-6-14(16)15(12)17/h4-6,9-10,13,18H,3,7-8H2,1-2H3. The Balaban J connectivity index is 2.10. The first-order valence-electron chi connectivity index (χ1n) is 6.74. The van der Waals surface area contributed by atoms with Gasteiger partial charge in [0.15, 0.2) is 11.6 Å². The monoisotopic (exact) mass is 279 g/mol. The van der Waals surface area contributed by atoms with Crippen molar-refractivity contribution < 1.29 is 8.78 Å². The van der Waals surface area contributed by atoms with Crippen LogP contribution in [0.1, 0.15) is 18.1 Å². The van der Waals surface area contributed by atoms with E-state index in [1.165, 1.54) is 0 Å². The van der Waals surface area contributed by atoms with Gasteiger partial charge in [-0.3, -0.25) is 4.68 Å². The van der Waals surface area contributed by atoms with Gasteiger partial charge in [-0.05, 0) is 36.6 Å². The summed E-state index contributed by atoms with van der Waals surface area (Å²) in [6, 6.07) is 4.37. The van der Waals surface area contributed by atoms with E-state index < -0.39 is 11.6 Å². The second-order valence-electron chi connectivity index (χ2n) is 4.90. The lowest BCUT2D eigenvalue weighted by Crippen LogP contribution is -2.33. The van der Waals surface area contributed by atoms with Crippen LogP contribution in [0.2, 0.25) is 0 Å². The van der Waals surface area contributed by atoms with Crippen molar-refractivity contribution in [2.75, 3.05) is 6.54 Å². The van der Waals surface area contributed by atoms with Gasteiger partial charge >= 0.3 is 0 Å². The molecule has 1 aromatic carbocycles. The van der Waals surface area contributed by atoms with Gasteiger partial charge in [-0.25, -0.2) is 8.78 Å². The molecule has 1 heterocycles. The Bertz CT molecular complexity index is 566. The molecule has 0 bridgehead atoms. The van der Waals surface area contributed by atoms with Crippen LogP contribution in [0.15, 0.2) is 30.6 Å². The third-order valence-corrected chi connectivity index (χ3v) is 3.23. The Kier molecular flexibility index (Phi) is 4.84. The van der Waals surface area contributed by atoms with Gasteiger partial charge < -0.3 is 5.32 Å². The van der Waals surface area contributed by atoms with Crippen molar-refractivity contribution in [3.8, 4) is 0 Å². The van der Waals surface area contributed by atoms with Crippen LogP contribution in [0.5, 0.6) is 0 Å². The summed E-state index contributed by atoms with van der Waals surface area (Å²) in [5.41, 5.74) is 1.48. The molecule has 2 aromatic rings. The van der Waals surface area contributed by atoms with E-state index in [4.69, 9.17) is 0 Å². The highest BCUT2D eigenvalue weighted by atomic mass is 19.2. The number of halogens is 2. The second-order valence-corrected chi connectivity index (χ2v) is 4.90. The molecule has 0 aliphatic heterocycles. The van der Waals surface area contributed by atoms with E-state index in [1.54, 1.807) is 23.0 Å². The molecule has 5 heteroatoms. The van der Waals surface area contributed by atoms with E-state index in [0.29, 0.717) is 12.0 Å². The fraction of sp³-hybridized carbons (Fsp3) is 0.400. The summed E-state index contributed by atoms with van der Waals surface area (Å²) in [4.78, 5) is 0. The number of hydrogen-bond donors (Lipinski definition) is 1. The molecular formula is C15H19F2N3. The molecule has 1 aromatic heterocycles. The van der Waals surface area contributed by atoms with Gasteiger partial charge in [0.25, 0.3) is 0 Å². The van der Waals surface area contributed by atoms with Crippen molar-refractivity contribution in [1.82, 2.24) is 15.1 Å². The Morgan fingerprint density at radius 2 is 2.10 bits per heavy atom. The van der Waals surface area contributed by atoms with Crippen LogP contribution in [0.25, 0.3) is 0 Å². The van der Waals surface area contributed by atoms with Crippen molar-refractivity contribution >= 4 is 0 Å². The van der Waals surface area contributed by atoms with Crippen LogP contribution in [0.3, 0.4) is 0 Å². The molecule has 3 nitrogen and oxygen atoms in total. The van der Waals surface area contributed by atoms with E-state index in [-0.39, 0.29) is 6.04 Å². The van der Waals surface area contributed by atoms with Crippen LogP contribution in [0.4, 0.5) is 8.78 Å². The van der Waals surface area contributed by atoms with Gasteiger partial charge in [0.2, 0.25) is 0 Å². The molecule has 0 aliphatic rings. The molecule has 0 saturated heterocycles. The molecule has 0 amide bonds. The summed E-state index contributed by atoms with van der Waals surface area (Å²) in [5, 5.41) is 7.43. The molecule has 0 aliphatic carbocycles. The largest absolute Gasteiger partial charge is 0.314 e. The topological polar surface area (TPSA) is 29.9 Å². The average molecular weight is 279 g/mol. The highest BCUT2D eigenvalue weighted by molar-refractivity contribution is 5.21. The van der Waals surface area contributed by atoms with Gasteiger partial charge in [0, 0.05) is 19.3 Å². The molecule has 0 radical (unpaired) electrons. The molecule has 0 fully saturated rings. The fourth-order valence-corrected chi connectivity index (χ4v) is 2.34. The van der Waals surface area contributed by atoms with Gasteiger partial charge in [0.1, 0.15) is 0 Å². The van der Waals surface area contributed by atoms with Crippen LogP contribution in [0, 0.1) is 11.6 Å². The zero-order valence-corrected chi connectivity index (χ0v) is 11.7. The number of nitrogens with zero attached hydrogens (tertiary/aromatic N) is 2. The second kappa shape index (κ2) is 6.61. The first kappa shape index (κ1) is 14.7. The summed E-state index contributed by atoms with van der Waals surface area (Å²) in [7, 11) is 1.86. The van der Waals surface area contributed by atoms with Crippen LogP contribution < -0.4 is 5.32 Å². The van der Waals surface area contributed by atoms with Crippen molar-refractivity contribution in [2.45, 2.75) is 25.8 Å². The summed E-state index contributed by atoms with van der Waals surface area (Å²) in [6.07, 6.45) is 4.92. The highest BCUT2D eigenvalue weighted by Gasteiger charge is 2.15. The Morgan fingerprint density at radius 3 is 2.75 bits per heavy atom. The lowest BCUT2D eigenvalue weighted by molar-refractivity contribution is 0.474. The zero-order chi connectivity index (χ0) is 14.5. The van der Waals surface area contributed by atoms with E-state index in [0.717, 1.165) is 24.6 Å². The number of nitrogens with one attached hydrogen (secondary N) is 1. The minimum Gasteiger partial charge on any atom is -0.314 e. The number of aryl methyl sites for hydroxylation is 1. The summed E-state index contributed by atoms with van der Waals surface area (Å²) in [6.45, 7) is 2.78. The maximum atomic E-state index is 13.7. The summed E-state index contributed by atoms with van der Waals surface area (Å²) in [5.74, 6) is -1.54. The smallest absolute Gasteiger partial charge is 0.162 e. The first-order valence-corrected chi connectivity index (χ1v) is 6.74. The molecule has 1 unspecified atom stereocenters. The quantitative estimate of drug-likeness (QED) is 0.880. The Morgan fingerprint density at radius 1 is 1.30 bits per heavy atom. The predicted molar refractivity (Wildman–Crippen MR) is 74.4 cm³/mol. The van der Waals surface area contributed by atoms with Crippen LogP contribution in [-0.2, 0) is 19.9 Å². The number of aromatic nitrogens is 2. The van der Waals surface area contributed by atoms with Crippen molar-refractivity contribution in [1.29, 1.82) is 0 Å². The molecule has 0 spiro atoms. The SMILES string of the molecule is CCNC(Cc1cnn(C)c1)Cc1cccc(F)c1F. The van der Waals surface area contributed by atoms with E-state index in [9.17, 15) is 8.78 Å². The van der Waals surface area contributed by atoms with Crippen molar-refractivity contribution in [3.63, 3.8) is 0 Å². The normalized spacial score (nSPS) is 12.6. The molecular weight excluding hydrogens is 260 g/mol. The molecule has 108 valence electrons.